The van der Waals surface area contributed by atoms with Gasteiger partial charge in [-0.05, 0) is 56.2 Å². The van der Waals surface area contributed by atoms with Crippen molar-refractivity contribution in [2.75, 3.05) is 12.4 Å². The summed E-state index contributed by atoms with van der Waals surface area (Å²) in [6.45, 7) is 2.06. The number of hydrogen-bond acceptors (Lipinski definition) is 4. The fourth-order valence-corrected chi connectivity index (χ4v) is 3.96. The monoisotopic (exact) mass is 400 g/mol. The van der Waals surface area contributed by atoms with E-state index in [1.54, 1.807) is 0 Å². The average molecular weight is 401 g/mol. The van der Waals surface area contributed by atoms with E-state index < -0.39 is 0 Å². The number of carbonyl (C=O) groups is 1. The van der Waals surface area contributed by atoms with Crippen molar-refractivity contribution in [3.8, 4) is 11.3 Å². The van der Waals surface area contributed by atoms with Crippen molar-refractivity contribution >= 4 is 17.4 Å². The molecule has 0 saturated heterocycles. The second kappa shape index (κ2) is 9.08. The molecule has 1 aromatic heterocycles. The van der Waals surface area contributed by atoms with Crippen LogP contribution in [0.25, 0.3) is 11.3 Å². The van der Waals surface area contributed by atoms with Gasteiger partial charge >= 0.3 is 0 Å². The summed E-state index contributed by atoms with van der Waals surface area (Å²) in [5.41, 5.74) is 4.70. The van der Waals surface area contributed by atoms with E-state index in [0.717, 1.165) is 35.3 Å². The minimum absolute atomic E-state index is 0.0932. The van der Waals surface area contributed by atoms with Gasteiger partial charge in [0.1, 0.15) is 0 Å². The van der Waals surface area contributed by atoms with Crippen LogP contribution in [0, 0.1) is 6.92 Å². The third-order valence-corrected chi connectivity index (χ3v) is 5.86. The van der Waals surface area contributed by atoms with Gasteiger partial charge in [-0.15, -0.1) is 10.2 Å². The zero-order valence-electron chi connectivity index (χ0n) is 17.6. The van der Waals surface area contributed by atoms with Crippen LogP contribution in [-0.4, -0.2) is 34.1 Å². The highest BCUT2D eigenvalue weighted by molar-refractivity contribution is 5.94. The predicted octanol–water partition coefficient (Wildman–Crippen LogP) is 5.60. The Morgan fingerprint density at radius 1 is 0.900 bits per heavy atom. The number of nitrogens with zero attached hydrogens (tertiary/aromatic N) is 3. The number of aromatic nitrogens is 2. The van der Waals surface area contributed by atoms with Gasteiger partial charge in [-0.1, -0.05) is 49.1 Å². The molecule has 1 heterocycles. The number of hydrogen-bond donors (Lipinski definition) is 1. The van der Waals surface area contributed by atoms with Crippen LogP contribution in [0.15, 0.2) is 60.7 Å². The van der Waals surface area contributed by atoms with Crippen molar-refractivity contribution in [2.24, 2.45) is 0 Å². The van der Waals surface area contributed by atoms with Crippen molar-refractivity contribution < 1.29 is 4.79 Å². The molecule has 5 heteroatoms. The Bertz CT molecular complexity index is 975. The minimum atomic E-state index is 0.0932. The van der Waals surface area contributed by atoms with Crippen LogP contribution in [0.1, 0.15) is 48.0 Å². The molecule has 1 amide bonds. The van der Waals surface area contributed by atoms with Gasteiger partial charge in [0.15, 0.2) is 5.82 Å². The molecule has 1 N–H and O–H groups in total. The molecule has 5 nitrogen and oxygen atoms in total. The van der Waals surface area contributed by atoms with Gasteiger partial charge in [-0.2, -0.15) is 0 Å². The maximum absolute atomic E-state index is 12.8. The Hall–Kier alpha value is -3.21. The number of benzene rings is 2. The molecule has 2 aromatic carbocycles. The first kappa shape index (κ1) is 20.1. The molecule has 0 unspecified atom stereocenters. The van der Waals surface area contributed by atoms with Gasteiger partial charge in [0.25, 0.3) is 5.91 Å². The molecule has 1 aliphatic rings. The molecule has 0 atom stereocenters. The van der Waals surface area contributed by atoms with Gasteiger partial charge in [0.2, 0.25) is 0 Å². The Labute approximate surface area is 178 Å². The molecule has 0 aliphatic heterocycles. The molecule has 0 radical (unpaired) electrons. The fourth-order valence-electron chi connectivity index (χ4n) is 3.96. The molecule has 0 bridgehead atoms. The van der Waals surface area contributed by atoms with Gasteiger partial charge in [-0.25, -0.2) is 0 Å². The maximum atomic E-state index is 12.8. The van der Waals surface area contributed by atoms with E-state index in [1.165, 1.54) is 24.8 Å². The standard InChI is InChI=1S/C25H28N4O/c1-18-8-10-19(11-9-18)23-16-17-24(28-27-23)26-21-14-12-20(13-15-21)25(30)29(2)22-6-4-3-5-7-22/h8-17,22H,3-7H2,1-2H3,(H,26,28). The summed E-state index contributed by atoms with van der Waals surface area (Å²) in [7, 11) is 1.93. The van der Waals surface area contributed by atoms with E-state index in [9.17, 15) is 4.79 Å². The van der Waals surface area contributed by atoms with Crippen LogP contribution in [-0.2, 0) is 0 Å². The van der Waals surface area contributed by atoms with E-state index in [2.05, 4.69) is 34.6 Å². The van der Waals surface area contributed by atoms with Crippen LogP contribution in [0.4, 0.5) is 11.5 Å². The molecular formula is C25H28N4O. The minimum Gasteiger partial charge on any atom is -0.339 e. The summed E-state index contributed by atoms with van der Waals surface area (Å²) in [6, 6.07) is 20.0. The molecule has 30 heavy (non-hydrogen) atoms. The quantitative estimate of drug-likeness (QED) is 0.606. The molecule has 1 saturated carbocycles. The predicted molar refractivity (Wildman–Crippen MR) is 121 cm³/mol. The van der Waals surface area contributed by atoms with Crippen LogP contribution >= 0.6 is 0 Å². The van der Waals surface area contributed by atoms with E-state index >= 15 is 0 Å². The molecule has 1 fully saturated rings. The second-order valence-corrected chi connectivity index (χ2v) is 8.08. The maximum Gasteiger partial charge on any atom is 0.253 e. The number of amides is 1. The molecule has 3 aromatic rings. The Balaban J connectivity index is 1.39. The van der Waals surface area contributed by atoms with E-state index in [-0.39, 0.29) is 5.91 Å². The molecule has 1 aliphatic carbocycles. The van der Waals surface area contributed by atoms with Crippen LogP contribution in [0.3, 0.4) is 0 Å². The van der Waals surface area contributed by atoms with Gasteiger partial charge in [-0.3, -0.25) is 4.79 Å². The number of nitrogens with one attached hydrogen (secondary N) is 1. The summed E-state index contributed by atoms with van der Waals surface area (Å²) in [5, 5.41) is 11.9. The van der Waals surface area contributed by atoms with Crippen molar-refractivity contribution in [1.82, 2.24) is 15.1 Å². The summed E-state index contributed by atoms with van der Waals surface area (Å²) >= 11 is 0. The van der Waals surface area contributed by atoms with E-state index in [0.29, 0.717) is 11.9 Å². The van der Waals surface area contributed by atoms with Crippen LogP contribution in [0.5, 0.6) is 0 Å². The number of carbonyl (C=O) groups excluding carboxylic acids is 1. The Kier molecular flexibility index (Phi) is 6.07. The largest absolute Gasteiger partial charge is 0.339 e. The van der Waals surface area contributed by atoms with Gasteiger partial charge in [0.05, 0.1) is 5.69 Å². The zero-order chi connectivity index (χ0) is 20.9. The first-order chi connectivity index (χ1) is 14.6. The highest BCUT2D eigenvalue weighted by atomic mass is 16.2. The highest BCUT2D eigenvalue weighted by Crippen LogP contribution is 2.24. The molecule has 4 rings (SSSR count). The number of aryl methyl sites for hydroxylation is 1. The first-order valence-corrected chi connectivity index (χ1v) is 10.7. The fraction of sp³-hybridized carbons (Fsp3) is 0.320. The number of anilines is 2. The normalized spacial score (nSPS) is 14.3. The summed E-state index contributed by atoms with van der Waals surface area (Å²) in [4.78, 5) is 14.7. The third kappa shape index (κ3) is 4.67. The van der Waals surface area contributed by atoms with Crippen molar-refractivity contribution in [3.63, 3.8) is 0 Å². The Morgan fingerprint density at radius 3 is 2.23 bits per heavy atom. The van der Waals surface area contributed by atoms with Gasteiger partial charge in [0, 0.05) is 29.9 Å². The lowest BCUT2D eigenvalue weighted by atomic mass is 9.94. The summed E-state index contributed by atoms with van der Waals surface area (Å²) in [5.74, 6) is 0.764. The topological polar surface area (TPSA) is 58.1 Å². The highest BCUT2D eigenvalue weighted by Gasteiger charge is 2.22. The third-order valence-electron chi connectivity index (χ3n) is 5.86. The summed E-state index contributed by atoms with van der Waals surface area (Å²) in [6.07, 6.45) is 5.94. The average Bonchev–Trinajstić information content (AvgIpc) is 2.80. The zero-order valence-corrected chi connectivity index (χ0v) is 17.6. The SMILES string of the molecule is Cc1ccc(-c2ccc(Nc3ccc(C(=O)N(C)C4CCCCC4)cc3)nn2)cc1. The van der Waals surface area contributed by atoms with Crippen LogP contribution < -0.4 is 5.32 Å². The molecule has 154 valence electrons. The van der Waals surface area contributed by atoms with Crippen molar-refractivity contribution in [1.29, 1.82) is 0 Å². The Morgan fingerprint density at radius 2 is 1.60 bits per heavy atom. The second-order valence-electron chi connectivity index (χ2n) is 8.08. The van der Waals surface area contributed by atoms with E-state index in [1.807, 2.05) is 60.5 Å². The van der Waals surface area contributed by atoms with Crippen molar-refractivity contribution in [3.05, 3.63) is 71.8 Å². The smallest absolute Gasteiger partial charge is 0.253 e. The summed E-state index contributed by atoms with van der Waals surface area (Å²) < 4.78 is 0. The molecule has 0 spiro atoms. The van der Waals surface area contributed by atoms with Crippen molar-refractivity contribution in [2.45, 2.75) is 45.1 Å². The lowest BCUT2D eigenvalue weighted by molar-refractivity contribution is 0.0696. The lowest BCUT2D eigenvalue weighted by Crippen LogP contribution is -2.38. The first-order valence-electron chi connectivity index (χ1n) is 10.7. The van der Waals surface area contributed by atoms with E-state index in [4.69, 9.17) is 0 Å². The van der Waals surface area contributed by atoms with Gasteiger partial charge < -0.3 is 10.2 Å². The number of rotatable bonds is 5. The van der Waals surface area contributed by atoms with Crippen LogP contribution in [0.2, 0.25) is 0 Å². The lowest BCUT2D eigenvalue weighted by Gasteiger charge is -2.31. The molecular weight excluding hydrogens is 372 g/mol.